The minimum absolute atomic E-state index is 0.164. The molecule has 0 atom stereocenters. The first-order valence-corrected chi connectivity index (χ1v) is 12.8. The number of ether oxygens (including phenoxy) is 3. The molecule has 0 radical (unpaired) electrons. The Morgan fingerprint density at radius 3 is 1.68 bits per heavy atom. The van der Waals surface area contributed by atoms with Crippen molar-refractivity contribution in [2.45, 2.75) is 99.7 Å². The number of esters is 1. The summed E-state index contributed by atoms with van der Waals surface area (Å²) in [5, 5.41) is 0. The summed E-state index contributed by atoms with van der Waals surface area (Å²) >= 11 is 0. The van der Waals surface area contributed by atoms with Crippen LogP contribution in [0.3, 0.4) is 0 Å². The summed E-state index contributed by atoms with van der Waals surface area (Å²) in [6.07, 6.45) is 3.32. The van der Waals surface area contributed by atoms with Crippen LogP contribution in [0.5, 0.6) is 17.2 Å². The van der Waals surface area contributed by atoms with Crippen molar-refractivity contribution in [1.29, 1.82) is 0 Å². The first kappa shape index (κ1) is 30.1. The lowest BCUT2D eigenvalue weighted by Gasteiger charge is -2.30. The van der Waals surface area contributed by atoms with E-state index in [9.17, 15) is 9.59 Å². The van der Waals surface area contributed by atoms with Gasteiger partial charge in [-0.3, -0.25) is 9.59 Å². The van der Waals surface area contributed by atoms with Crippen LogP contribution in [-0.2, 0) is 10.2 Å². The van der Waals surface area contributed by atoms with Gasteiger partial charge < -0.3 is 14.2 Å². The quantitative estimate of drug-likeness (QED) is 0.170. The zero-order chi connectivity index (χ0) is 28.4. The van der Waals surface area contributed by atoms with E-state index in [0.29, 0.717) is 17.1 Å². The second-order valence-corrected chi connectivity index (χ2v) is 13.4. The van der Waals surface area contributed by atoms with Gasteiger partial charge in [-0.25, -0.2) is 0 Å². The highest BCUT2D eigenvalue weighted by molar-refractivity contribution is 6.07. The fourth-order valence-corrected chi connectivity index (χ4v) is 3.34. The van der Waals surface area contributed by atoms with E-state index in [4.69, 9.17) is 14.2 Å². The minimum Gasteiger partial charge on any atom is -0.488 e. The molecule has 0 aliphatic rings. The Labute approximate surface area is 223 Å². The van der Waals surface area contributed by atoms with Crippen molar-refractivity contribution in [3.8, 4) is 17.2 Å². The molecule has 2 aromatic carbocycles. The molecule has 0 amide bonds. The predicted molar refractivity (Wildman–Crippen MR) is 151 cm³/mol. The Bertz CT molecular complexity index is 1140. The van der Waals surface area contributed by atoms with Crippen LogP contribution < -0.4 is 14.2 Å². The summed E-state index contributed by atoms with van der Waals surface area (Å²) < 4.78 is 18.0. The molecule has 0 bridgehead atoms. The molecular weight excluding hydrogens is 464 g/mol. The van der Waals surface area contributed by atoms with Gasteiger partial charge in [0.25, 0.3) is 0 Å². The molecule has 0 saturated carbocycles. The Kier molecular flexibility index (Phi) is 8.74. The molecule has 0 aliphatic carbocycles. The van der Waals surface area contributed by atoms with Gasteiger partial charge in [0.15, 0.2) is 5.78 Å². The van der Waals surface area contributed by atoms with Crippen molar-refractivity contribution in [2.24, 2.45) is 5.41 Å². The predicted octanol–water partition coefficient (Wildman–Crippen LogP) is 8.19. The summed E-state index contributed by atoms with van der Waals surface area (Å²) in [7, 11) is 0. The lowest BCUT2D eigenvalue weighted by Crippen LogP contribution is -2.27. The fraction of sp³-hybridized carbons (Fsp3) is 0.500. The average molecular weight is 509 g/mol. The Morgan fingerprint density at radius 1 is 0.703 bits per heavy atom. The third-order valence-electron chi connectivity index (χ3n) is 5.13. The highest BCUT2D eigenvalue weighted by atomic mass is 16.5. The number of hydrogen-bond acceptors (Lipinski definition) is 5. The van der Waals surface area contributed by atoms with Crippen LogP contribution in [0.25, 0.3) is 6.08 Å². The smallest absolute Gasteiger partial charge is 0.316 e. The maximum Gasteiger partial charge on any atom is 0.316 e. The molecule has 0 fully saturated rings. The standard InChI is InChI=1S/C32H44O5/c1-29(2,3)24-19-22(26(36-31(7,8)9)20-27(24)37-32(10,11)12)15-18-25(33)21-13-16-23(17-14-21)35-28(34)30(4,5)6/h13-20H,1-12H3/b18-15+. The van der Waals surface area contributed by atoms with E-state index in [-0.39, 0.29) is 22.8 Å². The highest BCUT2D eigenvalue weighted by Gasteiger charge is 2.26. The number of rotatable bonds is 6. The second kappa shape index (κ2) is 10.7. The zero-order valence-electron chi connectivity index (χ0n) is 24.7. The molecule has 0 heterocycles. The fourth-order valence-electron chi connectivity index (χ4n) is 3.34. The summed E-state index contributed by atoms with van der Waals surface area (Å²) in [6, 6.07) is 10.6. The Morgan fingerprint density at radius 2 is 1.22 bits per heavy atom. The normalized spacial score (nSPS) is 13.0. The van der Waals surface area contributed by atoms with E-state index in [0.717, 1.165) is 16.9 Å². The van der Waals surface area contributed by atoms with E-state index >= 15 is 0 Å². The first-order valence-electron chi connectivity index (χ1n) is 12.8. The lowest BCUT2D eigenvalue weighted by molar-refractivity contribution is -0.143. The largest absolute Gasteiger partial charge is 0.488 e. The van der Waals surface area contributed by atoms with Gasteiger partial charge in [-0.05, 0) is 110 Å². The molecule has 0 spiro atoms. The van der Waals surface area contributed by atoms with E-state index < -0.39 is 11.0 Å². The number of ketones is 1. The molecule has 0 aromatic heterocycles. The third kappa shape index (κ3) is 9.38. The third-order valence-corrected chi connectivity index (χ3v) is 5.13. The van der Waals surface area contributed by atoms with Gasteiger partial charge in [0.2, 0.25) is 0 Å². The van der Waals surface area contributed by atoms with Crippen LogP contribution in [0, 0.1) is 5.41 Å². The number of allylic oxidation sites excluding steroid dienone is 1. The second-order valence-electron chi connectivity index (χ2n) is 13.4. The molecule has 202 valence electrons. The molecule has 5 heteroatoms. The van der Waals surface area contributed by atoms with Gasteiger partial charge in [0, 0.05) is 22.8 Å². The molecule has 2 aromatic rings. The molecule has 37 heavy (non-hydrogen) atoms. The van der Waals surface area contributed by atoms with Crippen molar-refractivity contribution in [3.05, 3.63) is 59.2 Å². The van der Waals surface area contributed by atoms with Crippen molar-refractivity contribution < 1.29 is 23.8 Å². The van der Waals surface area contributed by atoms with E-state index in [1.165, 1.54) is 6.08 Å². The van der Waals surface area contributed by atoms with Crippen LogP contribution in [0.15, 0.2) is 42.5 Å². The Hall–Kier alpha value is -3.08. The monoisotopic (exact) mass is 508 g/mol. The maximum atomic E-state index is 13.0. The number of benzene rings is 2. The molecule has 5 nitrogen and oxygen atoms in total. The average Bonchev–Trinajstić information content (AvgIpc) is 2.69. The summed E-state index contributed by atoms with van der Waals surface area (Å²) in [4.78, 5) is 25.1. The molecular formula is C32H44O5. The lowest BCUT2D eigenvalue weighted by atomic mass is 9.85. The summed E-state index contributed by atoms with van der Waals surface area (Å²) in [6.45, 7) is 23.8. The molecule has 2 rings (SSSR count). The van der Waals surface area contributed by atoms with Crippen LogP contribution in [-0.4, -0.2) is 23.0 Å². The number of carbonyl (C=O) groups excluding carboxylic acids is 2. The van der Waals surface area contributed by atoms with Gasteiger partial charge in [-0.15, -0.1) is 0 Å². The molecule has 0 unspecified atom stereocenters. The summed E-state index contributed by atoms with van der Waals surface area (Å²) in [5.74, 6) is 1.33. The number of carbonyl (C=O) groups is 2. The molecule has 0 saturated heterocycles. The van der Waals surface area contributed by atoms with Crippen molar-refractivity contribution >= 4 is 17.8 Å². The van der Waals surface area contributed by atoms with Crippen molar-refractivity contribution in [3.63, 3.8) is 0 Å². The van der Waals surface area contributed by atoms with Gasteiger partial charge in [0.1, 0.15) is 28.5 Å². The van der Waals surface area contributed by atoms with Crippen LogP contribution in [0.4, 0.5) is 0 Å². The Balaban J connectivity index is 2.43. The topological polar surface area (TPSA) is 61.8 Å². The van der Waals surface area contributed by atoms with Gasteiger partial charge in [-0.2, -0.15) is 0 Å². The van der Waals surface area contributed by atoms with Crippen LogP contribution >= 0.6 is 0 Å². The van der Waals surface area contributed by atoms with Crippen LogP contribution in [0.1, 0.15) is 105 Å². The van der Waals surface area contributed by atoms with Crippen molar-refractivity contribution in [1.82, 2.24) is 0 Å². The van der Waals surface area contributed by atoms with Gasteiger partial charge in [-0.1, -0.05) is 20.8 Å². The molecule has 0 aliphatic heterocycles. The number of hydrogen-bond donors (Lipinski definition) is 0. The minimum atomic E-state index is -0.608. The maximum absolute atomic E-state index is 13.0. The van der Waals surface area contributed by atoms with Crippen molar-refractivity contribution in [2.75, 3.05) is 0 Å². The SMILES string of the molecule is CC(C)(C)Oc1cc(OC(C)(C)C)c(C(C)(C)C)cc1/C=C/C(=O)c1ccc(OC(=O)C(C)(C)C)cc1. The van der Waals surface area contributed by atoms with Gasteiger partial charge >= 0.3 is 5.97 Å². The first-order chi connectivity index (χ1) is 16.7. The van der Waals surface area contributed by atoms with E-state index in [2.05, 4.69) is 20.8 Å². The van der Waals surface area contributed by atoms with Gasteiger partial charge in [0.05, 0.1) is 5.41 Å². The zero-order valence-corrected chi connectivity index (χ0v) is 24.7. The van der Waals surface area contributed by atoms with E-state index in [1.807, 2.05) is 53.7 Å². The summed E-state index contributed by atoms with van der Waals surface area (Å²) in [5.41, 5.74) is 0.714. The highest BCUT2D eigenvalue weighted by Crippen LogP contribution is 2.40. The van der Waals surface area contributed by atoms with E-state index in [1.54, 1.807) is 51.1 Å². The molecule has 0 N–H and O–H groups in total. The van der Waals surface area contributed by atoms with Crippen LogP contribution in [0.2, 0.25) is 0 Å².